The van der Waals surface area contributed by atoms with E-state index in [1.165, 1.54) is 0 Å². The maximum Gasteiger partial charge on any atom is 0.248 e. The van der Waals surface area contributed by atoms with Crippen LogP contribution < -0.4 is 0 Å². The highest BCUT2D eigenvalue weighted by molar-refractivity contribution is 4.85. The highest BCUT2D eigenvalue weighted by atomic mass is 19.3. The standard InChI is InChI=1S/C6H9F2/c1-2-5-3-6(7,8)4-5/h5H,1-4H2. The van der Waals surface area contributed by atoms with Crippen LogP contribution in [0, 0.1) is 12.8 Å². The molecule has 1 aliphatic rings. The largest absolute Gasteiger partial charge is 0.248 e. The van der Waals surface area contributed by atoms with Crippen molar-refractivity contribution in [2.75, 3.05) is 0 Å². The molecule has 1 fully saturated rings. The Balaban J connectivity index is 2.21. The van der Waals surface area contributed by atoms with Gasteiger partial charge in [0.1, 0.15) is 0 Å². The molecule has 0 N–H and O–H groups in total. The summed E-state index contributed by atoms with van der Waals surface area (Å²) in [5, 5.41) is 0. The SMILES string of the molecule is [CH2]CC1CC(F)(F)C1. The summed E-state index contributed by atoms with van der Waals surface area (Å²) in [6.45, 7) is 3.54. The van der Waals surface area contributed by atoms with Crippen molar-refractivity contribution in [3.05, 3.63) is 6.92 Å². The Labute approximate surface area is 47.9 Å². The van der Waals surface area contributed by atoms with E-state index in [0.717, 1.165) is 0 Å². The Bertz CT molecular complexity index is 80.5. The second-order valence-electron chi connectivity index (χ2n) is 2.42. The van der Waals surface area contributed by atoms with Crippen LogP contribution in [0.5, 0.6) is 0 Å². The van der Waals surface area contributed by atoms with Crippen LogP contribution in [0.1, 0.15) is 19.3 Å². The summed E-state index contributed by atoms with van der Waals surface area (Å²) < 4.78 is 23.9. The Kier molecular flexibility index (Phi) is 1.25. The van der Waals surface area contributed by atoms with Gasteiger partial charge < -0.3 is 0 Å². The van der Waals surface area contributed by atoms with Gasteiger partial charge in [0.25, 0.3) is 0 Å². The van der Waals surface area contributed by atoms with E-state index in [1.807, 2.05) is 0 Å². The molecule has 0 aromatic heterocycles. The van der Waals surface area contributed by atoms with Crippen molar-refractivity contribution in [2.45, 2.75) is 25.2 Å². The monoisotopic (exact) mass is 119 g/mol. The van der Waals surface area contributed by atoms with Gasteiger partial charge in [0.05, 0.1) is 0 Å². The molecule has 1 aliphatic carbocycles. The van der Waals surface area contributed by atoms with Gasteiger partial charge in [0.2, 0.25) is 5.92 Å². The zero-order chi connectivity index (χ0) is 6.20. The third kappa shape index (κ3) is 0.984. The van der Waals surface area contributed by atoms with Gasteiger partial charge in [-0.1, -0.05) is 13.3 Å². The Morgan fingerprint density at radius 1 is 1.50 bits per heavy atom. The van der Waals surface area contributed by atoms with Crippen LogP contribution in [0.3, 0.4) is 0 Å². The third-order valence-corrected chi connectivity index (χ3v) is 1.58. The molecule has 2 heteroatoms. The number of alkyl halides is 2. The van der Waals surface area contributed by atoms with Gasteiger partial charge in [0, 0.05) is 12.8 Å². The fourth-order valence-corrected chi connectivity index (χ4v) is 0.989. The van der Waals surface area contributed by atoms with E-state index in [4.69, 9.17) is 0 Å². The Morgan fingerprint density at radius 2 is 2.00 bits per heavy atom. The molecule has 0 amide bonds. The van der Waals surface area contributed by atoms with Crippen molar-refractivity contribution < 1.29 is 8.78 Å². The Hall–Kier alpha value is -0.140. The van der Waals surface area contributed by atoms with Gasteiger partial charge in [-0.15, -0.1) is 0 Å². The molecule has 0 nitrogen and oxygen atoms in total. The smallest absolute Gasteiger partial charge is 0.207 e. The number of hydrogen-bond donors (Lipinski definition) is 0. The van der Waals surface area contributed by atoms with Gasteiger partial charge in [-0.25, -0.2) is 8.78 Å². The van der Waals surface area contributed by atoms with E-state index in [-0.39, 0.29) is 18.8 Å². The van der Waals surface area contributed by atoms with Crippen LogP contribution in [-0.4, -0.2) is 5.92 Å². The van der Waals surface area contributed by atoms with Crippen LogP contribution in [-0.2, 0) is 0 Å². The lowest BCUT2D eigenvalue weighted by molar-refractivity contribution is -0.109. The Morgan fingerprint density at radius 3 is 2.12 bits per heavy atom. The molecule has 8 heavy (non-hydrogen) atoms. The predicted octanol–water partition coefficient (Wildman–Crippen LogP) is 2.26. The summed E-state index contributed by atoms with van der Waals surface area (Å²) in [4.78, 5) is 0. The molecule has 0 bridgehead atoms. The average molecular weight is 119 g/mol. The number of hydrogen-bond acceptors (Lipinski definition) is 0. The van der Waals surface area contributed by atoms with E-state index in [1.54, 1.807) is 0 Å². The summed E-state index contributed by atoms with van der Waals surface area (Å²) in [7, 11) is 0. The molecule has 0 heterocycles. The molecule has 1 rings (SSSR count). The molecule has 0 aliphatic heterocycles. The van der Waals surface area contributed by atoms with Gasteiger partial charge in [-0.3, -0.25) is 0 Å². The summed E-state index contributed by atoms with van der Waals surface area (Å²) in [6, 6.07) is 0. The molecule has 0 aromatic rings. The van der Waals surface area contributed by atoms with Crippen LogP contribution >= 0.6 is 0 Å². The molecule has 0 saturated heterocycles. The van der Waals surface area contributed by atoms with Crippen molar-refractivity contribution in [1.29, 1.82) is 0 Å². The normalized spacial score (nSPS) is 27.4. The van der Waals surface area contributed by atoms with Crippen molar-refractivity contribution in [3.63, 3.8) is 0 Å². The lowest BCUT2D eigenvalue weighted by Crippen LogP contribution is -2.34. The van der Waals surface area contributed by atoms with Gasteiger partial charge in [-0.05, 0) is 5.92 Å². The van der Waals surface area contributed by atoms with Crippen LogP contribution in [0.2, 0.25) is 0 Å². The molecule has 0 atom stereocenters. The molecular formula is C6H9F2. The third-order valence-electron chi connectivity index (χ3n) is 1.58. The summed E-state index contributed by atoms with van der Waals surface area (Å²) in [5.41, 5.74) is 0. The summed E-state index contributed by atoms with van der Waals surface area (Å²) in [6.07, 6.45) is 0.794. The van der Waals surface area contributed by atoms with Crippen molar-refractivity contribution >= 4 is 0 Å². The first-order valence-electron chi connectivity index (χ1n) is 2.81. The fourth-order valence-electron chi connectivity index (χ4n) is 0.989. The number of rotatable bonds is 1. The average Bonchev–Trinajstić information content (AvgIpc) is 1.60. The lowest BCUT2D eigenvalue weighted by Gasteiger charge is -2.33. The van der Waals surface area contributed by atoms with Crippen molar-refractivity contribution in [3.8, 4) is 0 Å². The van der Waals surface area contributed by atoms with Gasteiger partial charge in [-0.2, -0.15) is 0 Å². The second kappa shape index (κ2) is 1.67. The molecule has 47 valence electrons. The fraction of sp³-hybridized carbons (Fsp3) is 0.833. The highest BCUT2D eigenvalue weighted by Crippen LogP contribution is 2.43. The first-order chi connectivity index (χ1) is 3.64. The zero-order valence-corrected chi connectivity index (χ0v) is 4.66. The minimum Gasteiger partial charge on any atom is -0.207 e. The predicted molar refractivity (Wildman–Crippen MR) is 27.6 cm³/mol. The zero-order valence-electron chi connectivity index (χ0n) is 4.66. The van der Waals surface area contributed by atoms with Crippen LogP contribution in [0.15, 0.2) is 0 Å². The first-order valence-corrected chi connectivity index (χ1v) is 2.81. The molecule has 1 radical (unpaired) electrons. The first kappa shape index (κ1) is 5.99. The maximum atomic E-state index is 11.9. The van der Waals surface area contributed by atoms with E-state index in [9.17, 15) is 8.78 Å². The molecule has 0 aromatic carbocycles. The van der Waals surface area contributed by atoms with Gasteiger partial charge in [0.15, 0.2) is 0 Å². The van der Waals surface area contributed by atoms with E-state index in [2.05, 4.69) is 6.92 Å². The van der Waals surface area contributed by atoms with Crippen LogP contribution in [0.4, 0.5) is 8.78 Å². The minimum absolute atomic E-state index is 0.0660. The van der Waals surface area contributed by atoms with Crippen molar-refractivity contribution in [1.82, 2.24) is 0 Å². The summed E-state index contributed by atoms with van der Waals surface area (Å²) >= 11 is 0. The maximum absolute atomic E-state index is 11.9. The molecule has 1 saturated carbocycles. The van der Waals surface area contributed by atoms with Crippen molar-refractivity contribution in [2.24, 2.45) is 5.92 Å². The molecule has 0 spiro atoms. The minimum atomic E-state index is -2.34. The van der Waals surface area contributed by atoms with E-state index >= 15 is 0 Å². The molecule has 0 unspecified atom stereocenters. The van der Waals surface area contributed by atoms with Gasteiger partial charge >= 0.3 is 0 Å². The van der Waals surface area contributed by atoms with Crippen LogP contribution in [0.25, 0.3) is 0 Å². The topological polar surface area (TPSA) is 0 Å². The number of halogens is 2. The second-order valence-corrected chi connectivity index (χ2v) is 2.42. The lowest BCUT2D eigenvalue weighted by atomic mass is 9.80. The summed E-state index contributed by atoms with van der Waals surface area (Å²) in [5.74, 6) is -2.15. The van der Waals surface area contributed by atoms with E-state index in [0.29, 0.717) is 6.42 Å². The van der Waals surface area contributed by atoms with E-state index < -0.39 is 5.92 Å². The molecular weight excluding hydrogens is 110 g/mol. The highest BCUT2D eigenvalue weighted by Gasteiger charge is 2.43. The quantitative estimate of drug-likeness (QED) is 0.496.